The van der Waals surface area contributed by atoms with Gasteiger partial charge in [0.2, 0.25) is 0 Å². The molecule has 0 aliphatic carbocycles. The number of rotatable bonds is 5. The molecule has 1 aliphatic rings. The number of hydrogen-bond acceptors (Lipinski definition) is 5. The Morgan fingerprint density at radius 1 is 0.379 bits per heavy atom. The van der Waals surface area contributed by atoms with Crippen LogP contribution in [0.25, 0.3) is 66.5 Å². The molecule has 58 heavy (non-hydrogen) atoms. The minimum Gasteiger partial charge on any atom is -0.457 e. The lowest BCUT2D eigenvalue weighted by Crippen LogP contribution is -2.34. The van der Waals surface area contributed by atoms with Crippen molar-refractivity contribution in [3.05, 3.63) is 222 Å². The van der Waals surface area contributed by atoms with Gasteiger partial charge in [0.1, 0.15) is 11.5 Å². The number of nitriles is 1. The van der Waals surface area contributed by atoms with Crippen molar-refractivity contribution in [1.82, 2.24) is 15.0 Å². The predicted molar refractivity (Wildman–Crippen MR) is 232 cm³/mol. The molecule has 0 N–H and O–H groups in total. The molecule has 11 rings (SSSR count). The molecule has 0 saturated carbocycles. The van der Waals surface area contributed by atoms with Crippen molar-refractivity contribution in [2.75, 3.05) is 0 Å². The van der Waals surface area contributed by atoms with E-state index in [2.05, 4.69) is 164 Å². The Balaban J connectivity index is 1.13. The molecule has 9 aromatic carbocycles. The molecule has 10 aromatic rings. The van der Waals surface area contributed by atoms with Gasteiger partial charge in [0, 0.05) is 27.8 Å². The number of aromatic nitrogens is 3. The number of hydrogen-bond donors (Lipinski definition) is 0. The van der Waals surface area contributed by atoms with Gasteiger partial charge in [-0.15, -0.1) is 0 Å². The average molecular weight is 741 g/mol. The first kappa shape index (κ1) is 33.4. The van der Waals surface area contributed by atoms with Crippen LogP contribution in [-0.2, 0) is 5.41 Å². The summed E-state index contributed by atoms with van der Waals surface area (Å²) in [4.78, 5) is 15.4. The maximum Gasteiger partial charge on any atom is 0.164 e. The van der Waals surface area contributed by atoms with Crippen LogP contribution in [0.3, 0.4) is 0 Å². The van der Waals surface area contributed by atoms with Gasteiger partial charge in [0.15, 0.2) is 17.5 Å². The number of benzene rings is 9. The molecule has 0 bridgehead atoms. The molecule has 270 valence electrons. The molecule has 0 saturated heterocycles. The standard InChI is InChI=1S/C53H32N4O/c54-33-34-23-25-35(26-24-34)50-55-51(36-27-29-44-42-19-8-7-17-40(42)41-18-9-10-20-43(41)45(44)31-36)57-52(56-50)37-28-30-47-49(32-37)58-48-22-12-11-21-46(48)53(47,38-13-3-1-4-14-38)39-15-5-2-6-16-39/h1-32H. The van der Waals surface area contributed by atoms with E-state index in [1.165, 1.54) is 26.9 Å². The number of fused-ring (bicyclic) bond motifs is 8. The van der Waals surface area contributed by atoms with Gasteiger partial charge in [0.25, 0.3) is 0 Å². The fourth-order valence-corrected chi connectivity index (χ4v) is 8.85. The van der Waals surface area contributed by atoms with E-state index in [1.807, 2.05) is 24.3 Å². The zero-order chi connectivity index (χ0) is 38.6. The van der Waals surface area contributed by atoms with Crippen molar-refractivity contribution in [3.8, 4) is 51.7 Å². The summed E-state index contributed by atoms with van der Waals surface area (Å²) in [6, 6.07) is 69.2. The van der Waals surface area contributed by atoms with Gasteiger partial charge in [-0.2, -0.15) is 5.26 Å². The Kier molecular flexibility index (Phi) is 7.70. The number of para-hydroxylation sites is 1. The van der Waals surface area contributed by atoms with E-state index in [0.717, 1.165) is 55.8 Å². The SMILES string of the molecule is N#Cc1ccc(-c2nc(-c3ccc4c(c3)Oc3ccccc3C4(c3ccccc3)c3ccccc3)nc(-c3ccc4c5ccccc5c5ccccc5c4c3)n2)cc1. The van der Waals surface area contributed by atoms with Crippen LogP contribution in [0.1, 0.15) is 27.8 Å². The van der Waals surface area contributed by atoms with Gasteiger partial charge < -0.3 is 4.74 Å². The highest BCUT2D eigenvalue weighted by molar-refractivity contribution is 6.25. The highest BCUT2D eigenvalue weighted by Gasteiger charge is 2.45. The van der Waals surface area contributed by atoms with Gasteiger partial charge in [-0.1, -0.05) is 152 Å². The Morgan fingerprint density at radius 3 is 1.43 bits per heavy atom. The van der Waals surface area contributed by atoms with E-state index in [9.17, 15) is 5.26 Å². The molecule has 1 aromatic heterocycles. The third-order valence-corrected chi connectivity index (χ3v) is 11.5. The predicted octanol–water partition coefficient (Wildman–Crippen LogP) is 12.7. The molecular formula is C53H32N4O. The molecule has 0 amide bonds. The minimum absolute atomic E-state index is 0.514. The van der Waals surface area contributed by atoms with Crippen LogP contribution in [0.5, 0.6) is 11.5 Å². The zero-order valence-corrected chi connectivity index (χ0v) is 31.2. The fourth-order valence-electron chi connectivity index (χ4n) is 8.85. The third-order valence-electron chi connectivity index (χ3n) is 11.5. The first-order valence-corrected chi connectivity index (χ1v) is 19.3. The second-order valence-electron chi connectivity index (χ2n) is 14.6. The Bertz CT molecular complexity index is 3190. The van der Waals surface area contributed by atoms with Crippen LogP contribution < -0.4 is 4.74 Å². The first-order chi connectivity index (χ1) is 28.7. The lowest BCUT2D eigenvalue weighted by molar-refractivity contribution is 0.434. The summed E-state index contributed by atoms with van der Waals surface area (Å²) in [5.74, 6) is 3.11. The fraction of sp³-hybridized carbons (Fsp3) is 0.0189. The quantitative estimate of drug-likeness (QED) is 0.164. The zero-order valence-electron chi connectivity index (χ0n) is 31.2. The van der Waals surface area contributed by atoms with Gasteiger partial charge in [-0.3, -0.25) is 0 Å². The summed E-state index contributed by atoms with van der Waals surface area (Å²) in [6.07, 6.45) is 0. The van der Waals surface area contributed by atoms with Crippen LogP contribution in [0.15, 0.2) is 194 Å². The molecule has 5 nitrogen and oxygen atoms in total. The summed E-state index contributed by atoms with van der Waals surface area (Å²) in [6.45, 7) is 0. The smallest absolute Gasteiger partial charge is 0.164 e. The second kappa shape index (κ2) is 13.4. The summed E-state index contributed by atoms with van der Waals surface area (Å²) in [5.41, 5.74) is 6.79. The van der Waals surface area contributed by atoms with Crippen molar-refractivity contribution in [1.29, 1.82) is 5.26 Å². The van der Waals surface area contributed by atoms with Crippen molar-refractivity contribution in [3.63, 3.8) is 0 Å². The highest BCUT2D eigenvalue weighted by Crippen LogP contribution is 2.55. The third kappa shape index (κ3) is 5.20. The maximum absolute atomic E-state index is 9.55. The van der Waals surface area contributed by atoms with Crippen LogP contribution >= 0.6 is 0 Å². The molecule has 0 unspecified atom stereocenters. The Hall–Kier alpha value is -7.94. The van der Waals surface area contributed by atoms with Gasteiger partial charge >= 0.3 is 0 Å². The van der Waals surface area contributed by atoms with E-state index >= 15 is 0 Å². The van der Waals surface area contributed by atoms with E-state index in [1.54, 1.807) is 12.1 Å². The summed E-state index contributed by atoms with van der Waals surface area (Å²) < 4.78 is 6.82. The van der Waals surface area contributed by atoms with Gasteiger partial charge in [0.05, 0.1) is 17.0 Å². The number of ether oxygens (including phenoxy) is 1. The van der Waals surface area contributed by atoms with Crippen LogP contribution in [-0.4, -0.2) is 15.0 Å². The van der Waals surface area contributed by atoms with Crippen molar-refractivity contribution in [2.45, 2.75) is 5.41 Å². The molecule has 0 spiro atoms. The Labute approximate surface area is 335 Å². The van der Waals surface area contributed by atoms with E-state index in [-0.39, 0.29) is 0 Å². The Morgan fingerprint density at radius 2 is 0.828 bits per heavy atom. The topological polar surface area (TPSA) is 71.7 Å². The van der Waals surface area contributed by atoms with E-state index < -0.39 is 5.41 Å². The lowest BCUT2D eigenvalue weighted by atomic mass is 9.63. The minimum atomic E-state index is -0.638. The lowest BCUT2D eigenvalue weighted by Gasteiger charge is -2.41. The van der Waals surface area contributed by atoms with Crippen molar-refractivity contribution >= 4 is 32.3 Å². The molecule has 0 fully saturated rings. The maximum atomic E-state index is 9.55. The second-order valence-corrected chi connectivity index (χ2v) is 14.6. The molecule has 0 radical (unpaired) electrons. The van der Waals surface area contributed by atoms with Crippen LogP contribution in [0, 0.1) is 11.3 Å². The highest BCUT2D eigenvalue weighted by atomic mass is 16.5. The van der Waals surface area contributed by atoms with E-state index in [0.29, 0.717) is 23.0 Å². The summed E-state index contributed by atoms with van der Waals surface area (Å²) in [7, 11) is 0. The number of nitrogens with zero attached hydrogens (tertiary/aromatic N) is 4. The summed E-state index contributed by atoms with van der Waals surface area (Å²) >= 11 is 0. The monoisotopic (exact) mass is 740 g/mol. The van der Waals surface area contributed by atoms with E-state index in [4.69, 9.17) is 19.7 Å². The first-order valence-electron chi connectivity index (χ1n) is 19.3. The molecule has 1 aliphatic heterocycles. The normalized spacial score (nSPS) is 12.7. The molecular weight excluding hydrogens is 709 g/mol. The molecule has 0 atom stereocenters. The average Bonchev–Trinajstić information content (AvgIpc) is 3.31. The molecule has 2 heterocycles. The largest absolute Gasteiger partial charge is 0.457 e. The van der Waals surface area contributed by atoms with Crippen molar-refractivity contribution in [2.24, 2.45) is 0 Å². The van der Waals surface area contributed by atoms with Crippen LogP contribution in [0.4, 0.5) is 0 Å². The van der Waals surface area contributed by atoms with Crippen LogP contribution in [0.2, 0.25) is 0 Å². The van der Waals surface area contributed by atoms with Gasteiger partial charge in [-0.05, 0) is 85.9 Å². The van der Waals surface area contributed by atoms with Gasteiger partial charge in [-0.25, -0.2) is 15.0 Å². The molecule has 5 heteroatoms. The summed E-state index contributed by atoms with van der Waals surface area (Å²) in [5, 5.41) is 16.7. The van der Waals surface area contributed by atoms with Crippen molar-refractivity contribution < 1.29 is 4.74 Å².